The number of benzene rings is 2. The van der Waals surface area contributed by atoms with Gasteiger partial charge >= 0.3 is 0 Å². The lowest BCUT2D eigenvalue weighted by Crippen LogP contribution is -2.26. The van der Waals surface area contributed by atoms with E-state index < -0.39 is 10.0 Å². The molecule has 0 fully saturated rings. The second-order valence-corrected chi connectivity index (χ2v) is 9.67. The third-order valence-electron chi connectivity index (χ3n) is 4.88. The van der Waals surface area contributed by atoms with Gasteiger partial charge in [0.15, 0.2) is 0 Å². The molecule has 0 saturated heterocycles. The Morgan fingerprint density at radius 1 is 1.06 bits per heavy atom. The quantitative estimate of drug-likeness (QED) is 0.426. The smallest absolute Gasteiger partial charge is 0.251 e. The first kappa shape index (κ1) is 21.2. The summed E-state index contributed by atoms with van der Waals surface area (Å²) in [6, 6.07) is 17.6. The van der Waals surface area contributed by atoms with Crippen molar-refractivity contribution in [1.29, 1.82) is 0 Å². The summed E-state index contributed by atoms with van der Waals surface area (Å²) in [5.41, 5.74) is 2.16. The first-order valence-corrected chi connectivity index (χ1v) is 12.2. The van der Waals surface area contributed by atoms with Gasteiger partial charge in [-0.2, -0.15) is 0 Å². The number of nitrogens with one attached hydrogen (secondary N) is 2. The van der Waals surface area contributed by atoms with Gasteiger partial charge in [-0.3, -0.25) is 4.79 Å². The lowest BCUT2D eigenvalue weighted by atomic mass is 10.2. The van der Waals surface area contributed by atoms with Gasteiger partial charge in [-0.25, -0.2) is 18.1 Å². The van der Waals surface area contributed by atoms with Crippen LogP contribution in [0.5, 0.6) is 0 Å². The summed E-state index contributed by atoms with van der Waals surface area (Å²) >= 11 is 1.48. The Balaban J connectivity index is 1.47. The largest absolute Gasteiger partial charge is 0.345 e. The Labute approximate surface area is 184 Å². The molecule has 0 aliphatic rings. The Kier molecular flexibility index (Phi) is 6.17. The van der Waals surface area contributed by atoms with Gasteiger partial charge in [-0.05, 0) is 48.7 Å². The molecular formula is C22H22N4O3S2. The number of fused-ring (bicyclic) bond motifs is 1. The van der Waals surface area contributed by atoms with E-state index in [1.807, 2.05) is 53.3 Å². The number of carbonyl (C=O) groups is 1. The number of thiophene rings is 1. The highest BCUT2D eigenvalue weighted by molar-refractivity contribution is 7.89. The maximum Gasteiger partial charge on any atom is 0.251 e. The van der Waals surface area contributed by atoms with Crippen LogP contribution in [0.1, 0.15) is 28.0 Å². The number of rotatable bonds is 8. The van der Waals surface area contributed by atoms with E-state index in [1.165, 1.54) is 23.5 Å². The van der Waals surface area contributed by atoms with Crippen molar-refractivity contribution < 1.29 is 13.2 Å². The van der Waals surface area contributed by atoms with Crippen molar-refractivity contribution in [2.45, 2.75) is 31.5 Å². The predicted molar refractivity (Wildman–Crippen MR) is 121 cm³/mol. The van der Waals surface area contributed by atoms with Crippen LogP contribution >= 0.6 is 11.3 Å². The maximum atomic E-state index is 12.7. The topological polar surface area (TPSA) is 93.1 Å². The molecule has 0 radical (unpaired) electrons. The zero-order chi connectivity index (χ0) is 21.8. The summed E-state index contributed by atoms with van der Waals surface area (Å²) < 4.78 is 29.8. The van der Waals surface area contributed by atoms with Crippen LogP contribution in [0, 0.1) is 0 Å². The molecule has 160 valence electrons. The van der Waals surface area contributed by atoms with Crippen molar-refractivity contribution in [3.05, 3.63) is 82.3 Å². The minimum absolute atomic E-state index is 0.0532. The van der Waals surface area contributed by atoms with Crippen LogP contribution in [0.4, 0.5) is 0 Å². The van der Waals surface area contributed by atoms with Crippen molar-refractivity contribution in [3.63, 3.8) is 0 Å². The van der Waals surface area contributed by atoms with Gasteiger partial charge in [-0.1, -0.05) is 24.3 Å². The highest BCUT2D eigenvalue weighted by Gasteiger charge is 2.17. The highest BCUT2D eigenvalue weighted by Crippen LogP contribution is 2.17. The molecule has 4 rings (SSSR count). The average molecular weight is 455 g/mol. The summed E-state index contributed by atoms with van der Waals surface area (Å²) in [4.78, 5) is 18.3. The van der Waals surface area contributed by atoms with E-state index >= 15 is 0 Å². The Bertz CT molecular complexity index is 1310. The fraction of sp³-hybridized carbons (Fsp3) is 0.182. The van der Waals surface area contributed by atoms with Gasteiger partial charge in [0.25, 0.3) is 5.91 Å². The van der Waals surface area contributed by atoms with E-state index in [0.717, 1.165) is 28.3 Å². The van der Waals surface area contributed by atoms with Gasteiger partial charge in [0.1, 0.15) is 5.82 Å². The van der Waals surface area contributed by atoms with Crippen LogP contribution in [0.25, 0.3) is 11.0 Å². The molecule has 2 aromatic heterocycles. The molecule has 4 aromatic rings. The second kappa shape index (κ2) is 9.01. The van der Waals surface area contributed by atoms with Gasteiger partial charge < -0.3 is 9.88 Å². The monoisotopic (exact) mass is 454 g/mol. The zero-order valence-electron chi connectivity index (χ0n) is 16.9. The van der Waals surface area contributed by atoms with Gasteiger partial charge in [-0.15, -0.1) is 11.3 Å². The van der Waals surface area contributed by atoms with E-state index in [9.17, 15) is 13.2 Å². The molecule has 0 bridgehead atoms. The summed E-state index contributed by atoms with van der Waals surface area (Å²) in [5.74, 6) is 0.392. The van der Waals surface area contributed by atoms with Crippen molar-refractivity contribution in [3.8, 4) is 0 Å². The molecular weight excluding hydrogens is 432 g/mol. The van der Waals surface area contributed by atoms with Crippen molar-refractivity contribution in [1.82, 2.24) is 19.6 Å². The standard InChI is InChI=1S/C22H22N4O3S2/c1-2-26-20-11-4-3-10-19(20)25-21(26)15-23-22(27)16-7-5-9-18(13-16)31(28,29)24-14-17-8-6-12-30-17/h3-13,24H,2,14-15H2,1H3,(H,23,27). The number of hydrogen-bond donors (Lipinski definition) is 2. The second-order valence-electron chi connectivity index (χ2n) is 6.88. The molecule has 0 unspecified atom stereocenters. The van der Waals surface area contributed by atoms with Crippen LogP contribution in [-0.4, -0.2) is 23.9 Å². The fourth-order valence-corrected chi connectivity index (χ4v) is 5.13. The fourth-order valence-electron chi connectivity index (χ4n) is 3.34. The molecule has 2 heterocycles. The number of carbonyl (C=O) groups excluding carboxylic acids is 1. The molecule has 7 nitrogen and oxygen atoms in total. The van der Waals surface area contributed by atoms with Gasteiger partial charge in [0.05, 0.1) is 22.5 Å². The normalized spacial score (nSPS) is 11.6. The minimum Gasteiger partial charge on any atom is -0.345 e. The lowest BCUT2D eigenvalue weighted by molar-refractivity contribution is 0.0949. The third kappa shape index (κ3) is 4.68. The third-order valence-corrected chi connectivity index (χ3v) is 7.16. The number of para-hydroxylation sites is 2. The number of aryl methyl sites for hydroxylation is 1. The molecule has 2 aromatic carbocycles. The molecule has 1 amide bonds. The summed E-state index contributed by atoms with van der Waals surface area (Å²) in [7, 11) is -3.73. The number of aromatic nitrogens is 2. The van der Waals surface area contributed by atoms with Crippen LogP contribution < -0.4 is 10.0 Å². The summed E-state index contributed by atoms with van der Waals surface area (Å²) in [6.07, 6.45) is 0. The molecule has 31 heavy (non-hydrogen) atoms. The number of sulfonamides is 1. The van der Waals surface area contributed by atoms with Gasteiger partial charge in [0.2, 0.25) is 10.0 Å². The first-order chi connectivity index (χ1) is 15.0. The number of amides is 1. The van der Waals surface area contributed by atoms with Crippen molar-refractivity contribution in [2.24, 2.45) is 0 Å². The van der Waals surface area contributed by atoms with Crippen LogP contribution in [0.2, 0.25) is 0 Å². The maximum absolute atomic E-state index is 12.7. The zero-order valence-corrected chi connectivity index (χ0v) is 18.5. The number of imidazole rings is 1. The molecule has 0 atom stereocenters. The molecule has 9 heteroatoms. The minimum atomic E-state index is -3.73. The van der Waals surface area contributed by atoms with Crippen molar-refractivity contribution in [2.75, 3.05) is 0 Å². The number of hydrogen-bond acceptors (Lipinski definition) is 5. The average Bonchev–Trinajstić information content (AvgIpc) is 3.43. The number of nitrogens with zero attached hydrogens (tertiary/aromatic N) is 2. The predicted octanol–water partition coefficient (Wildman–Crippen LogP) is 3.53. The molecule has 0 saturated carbocycles. The summed E-state index contributed by atoms with van der Waals surface area (Å²) in [5, 5.41) is 4.74. The van der Waals surface area contributed by atoms with E-state index in [2.05, 4.69) is 15.0 Å². The van der Waals surface area contributed by atoms with Crippen LogP contribution in [0.3, 0.4) is 0 Å². The SMILES string of the molecule is CCn1c(CNC(=O)c2cccc(S(=O)(=O)NCc3cccs3)c2)nc2ccccc21. The molecule has 2 N–H and O–H groups in total. The Morgan fingerprint density at radius 3 is 2.68 bits per heavy atom. The van der Waals surface area contributed by atoms with E-state index in [0.29, 0.717) is 0 Å². The first-order valence-electron chi connectivity index (χ1n) is 9.82. The van der Waals surface area contributed by atoms with Crippen LogP contribution in [0.15, 0.2) is 70.9 Å². The Morgan fingerprint density at radius 2 is 1.90 bits per heavy atom. The lowest BCUT2D eigenvalue weighted by Gasteiger charge is -2.10. The van der Waals surface area contributed by atoms with Crippen molar-refractivity contribution >= 4 is 38.3 Å². The molecule has 0 aliphatic carbocycles. The molecule has 0 aliphatic heterocycles. The highest BCUT2D eigenvalue weighted by atomic mass is 32.2. The van der Waals surface area contributed by atoms with E-state index in [-0.39, 0.29) is 29.5 Å². The van der Waals surface area contributed by atoms with E-state index in [4.69, 9.17) is 0 Å². The van der Waals surface area contributed by atoms with Crippen LogP contribution in [-0.2, 0) is 29.7 Å². The summed E-state index contributed by atoms with van der Waals surface area (Å²) in [6.45, 7) is 3.21. The Hall–Kier alpha value is -3.01. The molecule has 0 spiro atoms. The van der Waals surface area contributed by atoms with E-state index in [1.54, 1.807) is 12.1 Å². The van der Waals surface area contributed by atoms with Gasteiger partial charge in [0, 0.05) is 23.5 Å².